The van der Waals surface area contributed by atoms with E-state index < -0.39 is 5.97 Å². The van der Waals surface area contributed by atoms with Crippen molar-refractivity contribution in [1.82, 2.24) is 9.80 Å². The summed E-state index contributed by atoms with van der Waals surface area (Å²) in [5.74, 6) is -0.970. The van der Waals surface area contributed by atoms with Gasteiger partial charge in [0.15, 0.2) is 0 Å². The molecule has 1 N–H and O–H groups in total. The summed E-state index contributed by atoms with van der Waals surface area (Å²) >= 11 is 0. The van der Waals surface area contributed by atoms with Crippen LogP contribution in [0.2, 0.25) is 0 Å². The number of amides is 2. The van der Waals surface area contributed by atoms with Crippen LogP contribution >= 0.6 is 0 Å². The van der Waals surface area contributed by atoms with Crippen LogP contribution in [-0.2, 0) is 9.53 Å². The second-order valence-corrected chi connectivity index (χ2v) is 5.18. The molecule has 6 nitrogen and oxygen atoms in total. The highest BCUT2D eigenvalue weighted by molar-refractivity contribution is 5.80. The molecule has 0 radical (unpaired) electrons. The van der Waals surface area contributed by atoms with Gasteiger partial charge in [-0.3, -0.25) is 4.79 Å². The largest absolute Gasteiger partial charge is 0.480 e. The molecule has 1 rings (SSSR count). The molecule has 0 aromatic carbocycles. The number of carboxylic acid groups (broad SMARTS) is 1. The van der Waals surface area contributed by atoms with E-state index in [1.54, 1.807) is 4.90 Å². The normalized spacial score (nSPS) is 18.9. The Labute approximate surface area is 120 Å². The molecule has 1 atom stereocenters. The number of carbonyl (C=O) groups is 2. The van der Waals surface area contributed by atoms with E-state index in [1.807, 2.05) is 6.92 Å². The highest BCUT2D eigenvalue weighted by Gasteiger charge is 2.27. The van der Waals surface area contributed by atoms with Crippen LogP contribution in [-0.4, -0.2) is 65.8 Å². The van der Waals surface area contributed by atoms with Gasteiger partial charge in [-0.2, -0.15) is 0 Å². The van der Waals surface area contributed by atoms with E-state index in [2.05, 4.69) is 6.92 Å². The van der Waals surface area contributed by atoms with Gasteiger partial charge in [0, 0.05) is 26.2 Å². The Bertz CT molecular complexity index is 322. The lowest BCUT2D eigenvalue weighted by Crippen LogP contribution is -2.50. The molecule has 0 saturated carbocycles. The standard InChI is InChI=1S/C14H26N2O4/c1-3-7-15(11-13(17)18)14(19)16-8-5-6-12(10-16)20-9-4-2/h12H,3-11H2,1-2H3,(H,17,18). The van der Waals surface area contributed by atoms with Crippen LogP contribution in [0.15, 0.2) is 0 Å². The highest BCUT2D eigenvalue weighted by atomic mass is 16.5. The summed E-state index contributed by atoms with van der Waals surface area (Å²) in [4.78, 5) is 26.3. The number of aliphatic carboxylic acids is 1. The molecule has 1 aliphatic rings. The van der Waals surface area contributed by atoms with Gasteiger partial charge in [-0.15, -0.1) is 0 Å². The maximum atomic E-state index is 12.4. The average molecular weight is 286 g/mol. The molecule has 20 heavy (non-hydrogen) atoms. The fraction of sp³-hybridized carbons (Fsp3) is 0.857. The lowest BCUT2D eigenvalue weighted by Gasteiger charge is -2.35. The lowest BCUT2D eigenvalue weighted by atomic mass is 10.1. The minimum absolute atomic E-state index is 0.0842. The van der Waals surface area contributed by atoms with Crippen LogP contribution in [0.5, 0.6) is 0 Å². The summed E-state index contributed by atoms with van der Waals surface area (Å²) in [5.41, 5.74) is 0. The van der Waals surface area contributed by atoms with Crippen LogP contribution in [0.4, 0.5) is 4.79 Å². The zero-order valence-corrected chi connectivity index (χ0v) is 12.5. The molecule has 6 heteroatoms. The van der Waals surface area contributed by atoms with E-state index in [1.165, 1.54) is 4.90 Å². The Morgan fingerprint density at radius 2 is 2.10 bits per heavy atom. The monoisotopic (exact) mass is 286 g/mol. The Morgan fingerprint density at radius 3 is 2.70 bits per heavy atom. The number of carbonyl (C=O) groups excluding carboxylic acids is 1. The third-order valence-corrected chi connectivity index (χ3v) is 3.30. The van der Waals surface area contributed by atoms with Gasteiger partial charge in [0.25, 0.3) is 0 Å². The molecule has 0 aromatic rings. The van der Waals surface area contributed by atoms with Crippen LogP contribution in [0.25, 0.3) is 0 Å². The van der Waals surface area contributed by atoms with Crippen LogP contribution in [0.1, 0.15) is 39.5 Å². The average Bonchev–Trinajstić information content (AvgIpc) is 2.43. The number of piperidine rings is 1. The first kappa shape index (κ1) is 16.8. The molecule has 1 unspecified atom stereocenters. The van der Waals surface area contributed by atoms with E-state index in [0.29, 0.717) is 26.2 Å². The minimum Gasteiger partial charge on any atom is -0.480 e. The number of hydrogen-bond donors (Lipinski definition) is 1. The molecular weight excluding hydrogens is 260 g/mol. The first-order chi connectivity index (χ1) is 9.58. The maximum absolute atomic E-state index is 12.4. The number of nitrogens with zero attached hydrogens (tertiary/aromatic N) is 2. The van der Waals surface area contributed by atoms with E-state index in [9.17, 15) is 9.59 Å². The SMILES string of the molecule is CCCOC1CCCN(C(=O)N(CCC)CC(=O)O)C1. The van der Waals surface area contributed by atoms with Gasteiger partial charge in [-0.25, -0.2) is 4.79 Å². The molecule has 1 fully saturated rings. The Hall–Kier alpha value is -1.30. The summed E-state index contributed by atoms with van der Waals surface area (Å²) in [6.45, 7) is 6.20. The highest BCUT2D eigenvalue weighted by Crippen LogP contribution is 2.15. The quantitative estimate of drug-likeness (QED) is 0.774. The van der Waals surface area contributed by atoms with Crippen molar-refractivity contribution in [1.29, 1.82) is 0 Å². The van der Waals surface area contributed by atoms with E-state index in [0.717, 1.165) is 25.7 Å². The number of rotatable bonds is 7. The lowest BCUT2D eigenvalue weighted by molar-refractivity contribution is -0.137. The van der Waals surface area contributed by atoms with Gasteiger partial charge in [0.05, 0.1) is 6.10 Å². The summed E-state index contributed by atoms with van der Waals surface area (Å²) in [7, 11) is 0. The summed E-state index contributed by atoms with van der Waals surface area (Å²) in [5, 5.41) is 8.89. The second kappa shape index (κ2) is 8.79. The van der Waals surface area contributed by atoms with Crippen LogP contribution in [0.3, 0.4) is 0 Å². The molecule has 0 bridgehead atoms. The van der Waals surface area contributed by atoms with Crippen molar-refractivity contribution in [3.63, 3.8) is 0 Å². The summed E-state index contributed by atoms with van der Waals surface area (Å²) in [6, 6.07) is -0.181. The summed E-state index contributed by atoms with van der Waals surface area (Å²) in [6.07, 6.45) is 3.68. The van der Waals surface area contributed by atoms with Crippen molar-refractivity contribution >= 4 is 12.0 Å². The molecular formula is C14H26N2O4. The fourth-order valence-electron chi connectivity index (χ4n) is 2.41. The Kier molecular flexibility index (Phi) is 7.36. The number of hydrogen-bond acceptors (Lipinski definition) is 3. The molecule has 1 saturated heterocycles. The van der Waals surface area contributed by atoms with Crippen molar-refractivity contribution in [2.75, 3.05) is 32.8 Å². The topological polar surface area (TPSA) is 70.1 Å². The van der Waals surface area contributed by atoms with Crippen molar-refractivity contribution in [3.05, 3.63) is 0 Å². The maximum Gasteiger partial charge on any atom is 0.323 e. The van der Waals surface area contributed by atoms with Crippen LogP contribution in [0, 0.1) is 0 Å². The Morgan fingerprint density at radius 1 is 1.35 bits per heavy atom. The molecule has 116 valence electrons. The van der Waals surface area contributed by atoms with Gasteiger partial charge in [-0.05, 0) is 25.7 Å². The molecule has 1 heterocycles. The number of urea groups is 1. The Balaban J connectivity index is 2.56. The van der Waals surface area contributed by atoms with E-state index in [4.69, 9.17) is 9.84 Å². The first-order valence-electron chi connectivity index (χ1n) is 7.45. The van der Waals surface area contributed by atoms with Crippen molar-refractivity contribution < 1.29 is 19.4 Å². The predicted octanol–water partition coefficient (Wildman–Crippen LogP) is 1.79. The van der Waals surface area contributed by atoms with Crippen molar-refractivity contribution in [2.45, 2.75) is 45.6 Å². The third kappa shape index (κ3) is 5.36. The predicted molar refractivity (Wildman–Crippen MR) is 75.7 cm³/mol. The zero-order valence-electron chi connectivity index (χ0n) is 12.5. The van der Waals surface area contributed by atoms with E-state index in [-0.39, 0.29) is 18.7 Å². The zero-order chi connectivity index (χ0) is 15.0. The van der Waals surface area contributed by atoms with Gasteiger partial charge in [0.1, 0.15) is 6.54 Å². The van der Waals surface area contributed by atoms with Gasteiger partial charge in [-0.1, -0.05) is 13.8 Å². The van der Waals surface area contributed by atoms with Gasteiger partial charge >= 0.3 is 12.0 Å². The number of carboxylic acids is 1. The van der Waals surface area contributed by atoms with Crippen LogP contribution < -0.4 is 0 Å². The number of likely N-dealkylation sites (tertiary alicyclic amines) is 1. The van der Waals surface area contributed by atoms with Crippen molar-refractivity contribution in [2.24, 2.45) is 0 Å². The van der Waals surface area contributed by atoms with Crippen molar-refractivity contribution in [3.8, 4) is 0 Å². The third-order valence-electron chi connectivity index (χ3n) is 3.30. The van der Waals surface area contributed by atoms with Gasteiger partial charge in [0.2, 0.25) is 0 Å². The first-order valence-corrected chi connectivity index (χ1v) is 7.45. The molecule has 0 aromatic heterocycles. The smallest absolute Gasteiger partial charge is 0.323 e. The van der Waals surface area contributed by atoms with Gasteiger partial charge < -0.3 is 19.6 Å². The number of ether oxygens (including phenoxy) is 1. The second-order valence-electron chi connectivity index (χ2n) is 5.18. The molecule has 1 aliphatic heterocycles. The van der Waals surface area contributed by atoms with E-state index >= 15 is 0 Å². The fourth-order valence-corrected chi connectivity index (χ4v) is 2.41. The summed E-state index contributed by atoms with van der Waals surface area (Å²) < 4.78 is 5.70. The minimum atomic E-state index is -0.970. The molecule has 0 aliphatic carbocycles. The molecule has 0 spiro atoms. The molecule has 2 amide bonds.